The first-order valence-electron chi connectivity index (χ1n) is 3.27. The zero-order valence-electron chi connectivity index (χ0n) is 6.75. The lowest BCUT2D eigenvalue weighted by Crippen LogP contribution is -2.00. The van der Waals surface area contributed by atoms with Crippen LogP contribution in [0, 0.1) is 13.8 Å². The maximum absolute atomic E-state index is 10.5. The molecule has 1 heterocycles. The maximum Gasteiger partial charge on any atom is 0.356 e. The molecule has 0 aliphatic carbocycles. The van der Waals surface area contributed by atoms with E-state index in [-0.39, 0.29) is 5.69 Å². The fraction of sp³-hybridized carbons (Fsp3) is 0.429. The van der Waals surface area contributed by atoms with E-state index in [0.717, 1.165) is 11.3 Å². The Morgan fingerprint density at radius 1 is 1.55 bits per heavy atom. The Morgan fingerprint density at radius 3 is 2.27 bits per heavy atom. The third-order valence-electron chi connectivity index (χ3n) is 1.84. The molecule has 0 aliphatic rings. The van der Waals surface area contributed by atoms with Crippen molar-refractivity contribution in [2.45, 2.75) is 13.8 Å². The second-order valence-corrected chi connectivity index (χ2v) is 2.49. The van der Waals surface area contributed by atoms with Gasteiger partial charge in [0, 0.05) is 18.3 Å². The fourth-order valence-electron chi connectivity index (χ4n) is 0.917. The van der Waals surface area contributed by atoms with Crippen molar-refractivity contribution in [2.75, 3.05) is 0 Å². The Balaban J connectivity index is 3.29. The molecule has 1 N–H and O–H groups in total. The minimum absolute atomic E-state index is 0.144. The Morgan fingerprint density at radius 2 is 2.09 bits per heavy atom. The van der Waals surface area contributed by atoms with Crippen LogP contribution < -0.4 is 0 Å². The number of hydrogen-bond donors (Lipinski definition) is 1. The summed E-state index contributed by atoms with van der Waals surface area (Å²) in [6.07, 6.45) is 0. The smallest absolute Gasteiger partial charge is 0.356 e. The summed E-state index contributed by atoms with van der Waals surface area (Å²) in [4.78, 5) is 10.5. The third kappa shape index (κ3) is 1.11. The predicted octanol–water partition coefficient (Wildman–Crippen LogP) is 0.735. The lowest BCUT2D eigenvalue weighted by atomic mass is 10.2. The molecule has 60 valence electrons. The van der Waals surface area contributed by atoms with Gasteiger partial charge in [-0.2, -0.15) is 5.10 Å². The van der Waals surface area contributed by atoms with Crippen LogP contribution in [0.4, 0.5) is 0 Å². The monoisotopic (exact) mass is 154 g/mol. The molecule has 0 saturated carbocycles. The highest BCUT2D eigenvalue weighted by Crippen LogP contribution is 2.09. The SMILES string of the molecule is Cc1c(C(=O)O)nn(C)c1C. The number of carbonyl (C=O) groups is 1. The zero-order valence-corrected chi connectivity index (χ0v) is 6.75. The molecule has 0 aromatic carbocycles. The number of hydrogen-bond acceptors (Lipinski definition) is 2. The van der Waals surface area contributed by atoms with Gasteiger partial charge in [0.05, 0.1) is 0 Å². The van der Waals surface area contributed by atoms with Crippen molar-refractivity contribution < 1.29 is 9.90 Å². The Bertz CT molecular complexity index is 302. The van der Waals surface area contributed by atoms with E-state index < -0.39 is 5.97 Å². The summed E-state index contributed by atoms with van der Waals surface area (Å²) >= 11 is 0. The average Bonchev–Trinajstić information content (AvgIpc) is 2.17. The van der Waals surface area contributed by atoms with Gasteiger partial charge in [-0.3, -0.25) is 4.68 Å². The van der Waals surface area contributed by atoms with Gasteiger partial charge in [-0.1, -0.05) is 0 Å². The molecule has 0 spiro atoms. The second kappa shape index (κ2) is 2.38. The minimum atomic E-state index is -0.966. The van der Waals surface area contributed by atoms with Gasteiger partial charge in [-0.25, -0.2) is 4.79 Å². The Labute approximate surface area is 64.5 Å². The van der Waals surface area contributed by atoms with Crippen LogP contribution in [0.1, 0.15) is 21.7 Å². The van der Waals surface area contributed by atoms with Crippen molar-refractivity contribution in [3.05, 3.63) is 17.0 Å². The summed E-state index contributed by atoms with van der Waals surface area (Å²) < 4.78 is 1.57. The lowest BCUT2D eigenvalue weighted by Gasteiger charge is -1.90. The molecule has 1 rings (SSSR count). The van der Waals surface area contributed by atoms with Gasteiger partial charge < -0.3 is 5.11 Å². The van der Waals surface area contributed by atoms with Crippen molar-refractivity contribution >= 4 is 5.97 Å². The highest BCUT2D eigenvalue weighted by molar-refractivity contribution is 5.87. The number of nitrogens with zero attached hydrogens (tertiary/aromatic N) is 2. The van der Waals surface area contributed by atoms with E-state index in [1.165, 1.54) is 0 Å². The first-order valence-corrected chi connectivity index (χ1v) is 3.27. The van der Waals surface area contributed by atoms with Crippen molar-refractivity contribution in [1.29, 1.82) is 0 Å². The topological polar surface area (TPSA) is 55.1 Å². The van der Waals surface area contributed by atoms with Crippen molar-refractivity contribution in [3.8, 4) is 0 Å². The van der Waals surface area contributed by atoms with Crippen LogP contribution in [0.15, 0.2) is 0 Å². The number of rotatable bonds is 1. The largest absolute Gasteiger partial charge is 0.476 e. The van der Waals surface area contributed by atoms with Crippen LogP contribution in [-0.4, -0.2) is 20.9 Å². The van der Waals surface area contributed by atoms with Crippen molar-refractivity contribution in [2.24, 2.45) is 7.05 Å². The molecule has 0 atom stereocenters. The second-order valence-electron chi connectivity index (χ2n) is 2.49. The molecule has 11 heavy (non-hydrogen) atoms. The zero-order chi connectivity index (χ0) is 8.59. The number of aryl methyl sites for hydroxylation is 1. The molecule has 1 aromatic rings. The molecule has 4 nitrogen and oxygen atoms in total. The molecular formula is C7H10N2O2. The molecule has 0 aliphatic heterocycles. The number of aromatic nitrogens is 2. The lowest BCUT2D eigenvalue weighted by molar-refractivity contribution is 0.0689. The Kier molecular flexibility index (Phi) is 1.68. The summed E-state index contributed by atoms with van der Waals surface area (Å²) in [5.41, 5.74) is 1.77. The van der Waals surface area contributed by atoms with Crippen LogP contribution in [0.25, 0.3) is 0 Å². The highest BCUT2D eigenvalue weighted by atomic mass is 16.4. The van der Waals surface area contributed by atoms with Gasteiger partial charge in [0.15, 0.2) is 5.69 Å². The van der Waals surface area contributed by atoms with E-state index in [4.69, 9.17) is 5.11 Å². The molecular weight excluding hydrogens is 144 g/mol. The average molecular weight is 154 g/mol. The van der Waals surface area contributed by atoms with Gasteiger partial charge >= 0.3 is 5.97 Å². The predicted molar refractivity (Wildman–Crippen MR) is 39.6 cm³/mol. The molecule has 0 saturated heterocycles. The van der Waals surface area contributed by atoms with Gasteiger partial charge in [0.25, 0.3) is 0 Å². The minimum Gasteiger partial charge on any atom is -0.476 e. The van der Waals surface area contributed by atoms with Gasteiger partial charge in [0.1, 0.15) is 0 Å². The molecule has 1 aromatic heterocycles. The van der Waals surface area contributed by atoms with Crippen molar-refractivity contribution in [1.82, 2.24) is 9.78 Å². The first-order chi connectivity index (χ1) is 5.04. The molecule has 4 heteroatoms. The van der Waals surface area contributed by atoms with Crippen LogP contribution >= 0.6 is 0 Å². The van der Waals surface area contributed by atoms with Crippen molar-refractivity contribution in [3.63, 3.8) is 0 Å². The first kappa shape index (κ1) is 7.78. The highest BCUT2D eigenvalue weighted by Gasteiger charge is 2.14. The molecule has 0 fully saturated rings. The van der Waals surface area contributed by atoms with Gasteiger partial charge in [-0.15, -0.1) is 0 Å². The van der Waals surface area contributed by atoms with Gasteiger partial charge in [0.2, 0.25) is 0 Å². The molecule has 0 unspecified atom stereocenters. The van der Waals surface area contributed by atoms with E-state index in [9.17, 15) is 4.79 Å². The standard InChI is InChI=1S/C7H10N2O2/c1-4-5(2)9(3)8-6(4)7(10)11/h1-3H3,(H,10,11). The normalized spacial score (nSPS) is 10.1. The number of aromatic carboxylic acids is 1. The van der Waals surface area contributed by atoms with E-state index in [1.54, 1.807) is 18.7 Å². The van der Waals surface area contributed by atoms with E-state index >= 15 is 0 Å². The summed E-state index contributed by atoms with van der Waals surface area (Å²) in [5, 5.41) is 12.5. The van der Waals surface area contributed by atoms with E-state index in [2.05, 4.69) is 5.10 Å². The number of carboxylic acid groups (broad SMARTS) is 1. The van der Waals surface area contributed by atoms with Crippen LogP contribution in [0.2, 0.25) is 0 Å². The molecule has 0 bridgehead atoms. The Hall–Kier alpha value is -1.32. The summed E-state index contributed by atoms with van der Waals surface area (Å²) in [6.45, 7) is 3.60. The van der Waals surface area contributed by atoms with E-state index in [0.29, 0.717) is 0 Å². The van der Waals surface area contributed by atoms with E-state index in [1.807, 2.05) is 6.92 Å². The quantitative estimate of drug-likeness (QED) is 0.648. The maximum atomic E-state index is 10.5. The molecule has 0 radical (unpaired) electrons. The third-order valence-corrected chi connectivity index (χ3v) is 1.84. The fourth-order valence-corrected chi connectivity index (χ4v) is 0.917. The summed E-state index contributed by atoms with van der Waals surface area (Å²) in [6, 6.07) is 0. The van der Waals surface area contributed by atoms with Gasteiger partial charge in [-0.05, 0) is 13.8 Å². The number of carboxylic acids is 1. The summed E-state index contributed by atoms with van der Waals surface area (Å²) in [7, 11) is 1.73. The van der Waals surface area contributed by atoms with Crippen LogP contribution in [0.5, 0.6) is 0 Å². The van der Waals surface area contributed by atoms with Crippen LogP contribution in [0.3, 0.4) is 0 Å². The van der Waals surface area contributed by atoms with Crippen LogP contribution in [-0.2, 0) is 7.05 Å². The molecule has 0 amide bonds. The summed E-state index contributed by atoms with van der Waals surface area (Å²) in [5.74, 6) is -0.966.